The highest BCUT2D eigenvalue weighted by Gasteiger charge is 2.39. The van der Waals surface area contributed by atoms with E-state index < -0.39 is 12.1 Å². The van der Waals surface area contributed by atoms with E-state index in [1.165, 1.54) is 0 Å². The molecule has 5 heteroatoms. The van der Waals surface area contributed by atoms with Crippen molar-refractivity contribution >= 4 is 5.91 Å². The highest BCUT2D eigenvalue weighted by Crippen LogP contribution is 2.24. The van der Waals surface area contributed by atoms with Crippen molar-refractivity contribution < 1.29 is 9.90 Å². The van der Waals surface area contributed by atoms with Crippen LogP contribution in [-0.2, 0) is 4.79 Å². The zero-order valence-corrected chi connectivity index (χ0v) is 12.2. The Hall–Kier alpha value is -0.650. The van der Waals surface area contributed by atoms with Crippen molar-refractivity contribution in [2.45, 2.75) is 45.4 Å². The van der Waals surface area contributed by atoms with Crippen molar-refractivity contribution in [3.8, 4) is 0 Å². The van der Waals surface area contributed by atoms with Gasteiger partial charge < -0.3 is 20.6 Å². The second-order valence-electron chi connectivity index (χ2n) is 6.64. The maximum absolute atomic E-state index is 12.4. The topological polar surface area (TPSA) is 69.8 Å². The third-order valence-corrected chi connectivity index (χ3v) is 3.45. The molecule has 18 heavy (non-hydrogen) atoms. The fraction of sp³-hybridized carbons (Fsp3) is 0.923. The molecule has 0 bridgehead atoms. The zero-order valence-electron chi connectivity index (χ0n) is 12.2. The minimum atomic E-state index is -0.521. The van der Waals surface area contributed by atoms with E-state index in [0.717, 1.165) is 6.54 Å². The number of nitrogens with two attached hydrogens (primary N) is 1. The summed E-state index contributed by atoms with van der Waals surface area (Å²) >= 11 is 0. The molecule has 1 fully saturated rings. The maximum Gasteiger partial charge on any atom is 0.240 e. The predicted molar refractivity (Wildman–Crippen MR) is 72.1 cm³/mol. The molecule has 3 atom stereocenters. The lowest BCUT2D eigenvalue weighted by Crippen LogP contribution is -2.53. The first-order chi connectivity index (χ1) is 8.12. The highest BCUT2D eigenvalue weighted by molar-refractivity contribution is 5.83. The minimum absolute atomic E-state index is 0.0501. The van der Waals surface area contributed by atoms with Gasteiger partial charge in [0.05, 0.1) is 12.1 Å². The van der Waals surface area contributed by atoms with Crippen LogP contribution in [0.3, 0.4) is 0 Å². The standard InChI is InChI=1S/C13H27N3O2/c1-13(2,3)11(14)12(18)16-8-10(17)6-9(16)7-15(4)5/h9-11,17H,6-8,14H2,1-5H3/t9?,10?,11-/m0/s1. The first kappa shape index (κ1) is 15.4. The van der Waals surface area contributed by atoms with E-state index in [2.05, 4.69) is 0 Å². The first-order valence-corrected chi connectivity index (χ1v) is 6.51. The fourth-order valence-corrected chi connectivity index (χ4v) is 2.31. The van der Waals surface area contributed by atoms with Crippen molar-refractivity contribution in [1.82, 2.24) is 9.80 Å². The van der Waals surface area contributed by atoms with E-state index in [9.17, 15) is 9.90 Å². The molecule has 5 nitrogen and oxygen atoms in total. The maximum atomic E-state index is 12.4. The molecular formula is C13H27N3O2. The van der Waals surface area contributed by atoms with Gasteiger partial charge in [-0.3, -0.25) is 4.79 Å². The summed E-state index contributed by atoms with van der Waals surface area (Å²) in [4.78, 5) is 16.2. The summed E-state index contributed by atoms with van der Waals surface area (Å²) in [6.45, 7) is 7.05. The van der Waals surface area contributed by atoms with Gasteiger partial charge in [-0.2, -0.15) is 0 Å². The Balaban J connectivity index is 2.76. The van der Waals surface area contributed by atoms with Gasteiger partial charge >= 0.3 is 0 Å². The Morgan fingerprint density at radius 3 is 2.50 bits per heavy atom. The van der Waals surface area contributed by atoms with Crippen LogP contribution in [0, 0.1) is 5.41 Å². The van der Waals surface area contributed by atoms with Crippen LogP contribution in [-0.4, -0.2) is 66.2 Å². The normalized spacial score (nSPS) is 26.8. The van der Waals surface area contributed by atoms with E-state index in [0.29, 0.717) is 13.0 Å². The molecule has 1 rings (SSSR count). The van der Waals surface area contributed by atoms with Crippen LogP contribution in [0.4, 0.5) is 0 Å². The summed E-state index contributed by atoms with van der Waals surface area (Å²) in [6, 6.07) is -0.455. The van der Waals surface area contributed by atoms with Gasteiger partial charge in [-0.25, -0.2) is 0 Å². The SMILES string of the molecule is CN(C)CC1CC(O)CN1C(=O)[C@H](N)C(C)(C)C. The Morgan fingerprint density at radius 2 is 2.06 bits per heavy atom. The highest BCUT2D eigenvalue weighted by atomic mass is 16.3. The van der Waals surface area contributed by atoms with E-state index in [4.69, 9.17) is 5.73 Å². The number of rotatable bonds is 3. The molecule has 1 aliphatic heterocycles. The number of hydrogen-bond acceptors (Lipinski definition) is 4. The van der Waals surface area contributed by atoms with Crippen molar-refractivity contribution in [2.24, 2.45) is 11.1 Å². The van der Waals surface area contributed by atoms with E-state index in [1.54, 1.807) is 4.90 Å². The lowest BCUT2D eigenvalue weighted by molar-refractivity contribution is -0.136. The fourth-order valence-electron chi connectivity index (χ4n) is 2.31. The quantitative estimate of drug-likeness (QED) is 0.740. The monoisotopic (exact) mass is 257 g/mol. The van der Waals surface area contributed by atoms with Crippen LogP contribution < -0.4 is 5.73 Å². The number of aliphatic hydroxyl groups is 1. The van der Waals surface area contributed by atoms with Gasteiger partial charge in [0.2, 0.25) is 5.91 Å². The second kappa shape index (κ2) is 5.55. The van der Waals surface area contributed by atoms with Gasteiger partial charge in [0.1, 0.15) is 0 Å². The van der Waals surface area contributed by atoms with Gasteiger partial charge in [0, 0.05) is 19.1 Å². The Morgan fingerprint density at radius 1 is 1.50 bits per heavy atom. The third-order valence-electron chi connectivity index (χ3n) is 3.45. The summed E-state index contributed by atoms with van der Waals surface area (Å²) in [5.41, 5.74) is 5.77. The van der Waals surface area contributed by atoms with Gasteiger partial charge in [0.25, 0.3) is 0 Å². The molecule has 0 saturated carbocycles. The molecule has 1 heterocycles. The Labute approximate surface area is 110 Å². The summed E-state index contributed by atoms with van der Waals surface area (Å²) < 4.78 is 0. The van der Waals surface area contributed by atoms with Gasteiger partial charge in [0.15, 0.2) is 0 Å². The molecule has 1 amide bonds. The van der Waals surface area contributed by atoms with Crippen molar-refractivity contribution in [3.05, 3.63) is 0 Å². The molecule has 0 aromatic carbocycles. The van der Waals surface area contributed by atoms with Crippen LogP contribution in [0.1, 0.15) is 27.2 Å². The van der Waals surface area contributed by atoms with Crippen molar-refractivity contribution in [3.63, 3.8) is 0 Å². The van der Waals surface area contributed by atoms with Crippen LogP contribution in [0.15, 0.2) is 0 Å². The largest absolute Gasteiger partial charge is 0.391 e. The molecule has 3 N–H and O–H groups in total. The van der Waals surface area contributed by atoms with Crippen LogP contribution >= 0.6 is 0 Å². The molecule has 0 aromatic rings. The summed E-state index contributed by atoms with van der Waals surface area (Å²) in [7, 11) is 3.94. The van der Waals surface area contributed by atoms with E-state index in [1.807, 2.05) is 39.8 Å². The number of β-amino-alcohol motifs (C(OH)–C–C–N with tert-alkyl or cyclic N) is 1. The zero-order chi connectivity index (χ0) is 14.1. The summed E-state index contributed by atoms with van der Waals surface area (Å²) in [6.07, 6.45) is 0.215. The molecule has 0 aliphatic carbocycles. The minimum Gasteiger partial charge on any atom is -0.391 e. The number of hydrogen-bond donors (Lipinski definition) is 2. The number of amides is 1. The molecule has 106 valence electrons. The van der Waals surface area contributed by atoms with Crippen LogP contribution in [0.2, 0.25) is 0 Å². The van der Waals surface area contributed by atoms with E-state index in [-0.39, 0.29) is 17.4 Å². The van der Waals surface area contributed by atoms with Gasteiger partial charge in [-0.1, -0.05) is 20.8 Å². The number of likely N-dealkylation sites (N-methyl/N-ethyl adjacent to an activating group) is 1. The third kappa shape index (κ3) is 3.67. The Kier molecular flexibility index (Phi) is 4.75. The molecule has 1 aliphatic rings. The molecule has 0 aromatic heterocycles. The number of carbonyl (C=O) groups is 1. The summed E-state index contributed by atoms with van der Waals surface area (Å²) in [5, 5.41) is 9.76. The first-order valence-electron chi connectivity index (χ1n) is 6.51. The average Bonchev–Trinajstić information content (AvgIpc) is 2.54. The lowest BCUT2D eigenvalue weighted by Gasteiger charge is -2.33. The number of carbonyl (C=O) groups excluding carboxylic acids is 1. The molecule has 0 radical (unpaired) electrons. The van der Waals surface area contributed by atoms with Crippen LogP contribution in [0.5, 0.6) is 0 Å². The van der Waals surface area contributed by atoms with Crippen LogP contribution in [0.25, 0.3) is 0 Å². The smallest absolute Gasteiger partial charge is 0.240 e. The predicted octanol–water partition coefficient (Wildman–Crippen LogP) is -0.117. The summed E-state index contributed by atoms with van der Waals surface area (Å²) in [5.74, 6) is -0.0501. The van der Waals surface area contributed by atoms with Crippen molar-refractivity contribution in [2.75, 3.05) is 27.2 Å². The molecule has 1 saturated heterocycles. The van der Waals surface area contributed by atoms with Gasteiger partial charge in [-0.15, -0.1) is 0 Å². The Bertz CT molecular complexity index is 299. The van der Waals surface area contributed by atoms with E-state index >= 15 is 0 Å². The number of aliphatic hydroxyl groups excluding tert-OH is 1. The van der Waals surface area contributed by atoms with Crippen molar-refractivity contribution in [1.29, 1.82) is 0 Å². The number of nitrogens with zero attached hydrogens (tertiary/aromatic N) is 2. The molecule has 2 unspecified atom stereocenters. The average molecular weight is 257 g/mol. The number of likely N-dealkylation sites (tertiary alicyclic amines) is 1. The second-order valence-corrected chi connectivity index (χ2v) is 6.64. The molecular weight excluding hydrogens is 230 g/mol. The van der Waals surface area contributed by atoms with Gasteiger partial charge in [-0.05, 0) is 25.9 Å². The lowest BCUT2D eigenvalue weighted by atomic mass is 9.86. The molecule has 0 spiro atoms.